The number of carbonyl (C=O) groups is 2. The molecule has 0 saturated heterocycles. The van der Waals surface area contributed by atoms with Crippen LogP contribution in [0.25, 0.3) is 0 Å². The van der Waals surface area contributed by atoms with Gasteiger partial charge in [-0.05, 0) is 6.42 Å². The van der Waals surface area contributed by atoms with Crippen molar-refractivity contribution in [2.45, 2.75) is 25.8 Å². The van der Waals surface area contributed by atoms with E-state index in [2.05, 4.69) is 5.32 Å². The van der Waals surface area contributed by atoms with Gasteiger partial charge in [0.2, 0.25) is 11.8 Å². The van der Waals surface area contributed by atoms with Crippen LogP contribution in [0.3, 0.4) is 0 Å². The van der Waals surface area contributed by atoms with Crippen LogP contribution >= 0.6 is 11.8 Å². The number of aliphatic hydroxyl groups is 1. The van der Waals surface area contributed by atoms with E-state index in [0.29, 0.717) is 18.6 Å². The number of amides is 2. The number of carbonyl (C=O) groups excluding carboxylic acids is 2. The van der Waals surface area contributed by atoms with Crippen molar-refractivity contribution in [1.82, 2.24) is 5.32 Å². The monoisotopic (exact) mass is 234 g/mol. The average Bonchev–Trinajstić information content (AvgIpc) is 2.20. The van der Waals surface area contributed by atoms with E-state index in [1.807, 2.05) is 6.92 Å². The molecule has 1 unspecified atom stereocenters. The smallest absolute Gasteiger partial charge is 0.227 e. The van der Waals surface area contributed by atoms with Crippen LogP contribution < -0.4 is 11.1 Å². The zero-order valence-electron chi connectivity index (χ0n) is 8.86. The number of primary amides is 1. The molecule has 6 heteroatoms. The molecule has 5 nitrogen and oxygen atoms in total. The summed E-state index contributed by atoms with van der Waals surface area (Å²) >= 11 is 1.33. The lowest BCUT2D eigenvalue weighted by Gasteiger charge is -2.13. The van der Waals surface area contributed by atoms with Crippen molar-refractivity contribution >= 4 is 23.6 Å². The second-order valence-corrected chi connectivity index (χ2v) is 4.23. The van der Waals surface area contributed by atoms with E-state index < -0.39 is 0 Å². The molecular formula is C9H18N2O3S. The molecule has 2 amide bonds. The summed E-state index contributed by atoms with van der Waals surface area (Å²) in [4.78, 5) is 21.6. The zero-order valence-corrected chi connectivity index (χ0v) is 9.68. The van der Waals surface area contributed by atoms with Crippen molar-refractivity contribution < 1.29 is 14.7 Å². The van der Waals surface area contributed by atoms with Gasteiger partial charge in [0.15, 0.2) is 0 Å². The van der Waals surface area contributed by atoms with Crippen LogP contribution in [0.5, 0.6) is 0 Å². The minimum absolute atomic E-state index is 0.0450. The number of hydrogen-bond donors (Lipinski definition) is 3. The minimum Gasteiger partial charge on any atom is -0.394 e. The Labute approximate surface area is 93.8 Å². The molecule has 0 radical (unpaired) electrons. The van der Waals surface area contributed by atoms with Crippen LogP contribution in [-0.4, -0.2) is 41.1 Å². The highest BCUT2D eigenvalue weighted by Crippen LogP contribution is 2.01. The van der Waals surface area contributed by atoms with Crippen molar-refractivity contribution in [2.24, 2.45) is 5.73 Å². The average molecular weight is 234 g/mol. The summed E-state index contributed by atoms with van der Waals surface area (Å²) in [7, 11) is 0. The summed E-state index contributed by atoms with van der Waals surface area (Å²) < 4.78 is 0. The van der Waals surface area contributed by atoms with Gasteiger partial charge in [0.25, 0.3) is 0 Å². The van der Waals surface area contributed by atoms with Crippen molar-refractivity contribution in [3.05, 3.63) is 0 Å². The van der Waals surface area contributed by atoms with Crippen LogP contribution in [0.2, 0.25) is 0 Å². The number of hydrogen-bond acceptors (Lipinski definition) is 4. The van der Waals surface area contributed by atoms with Crippen LogP contribution in [-0.2, 0) is 9.59 Å². The Morgan fingerprint density at radius 1 is 1.53 bits per heavy atom. The summed E-state index contributed by atoms with van der Waals surface area (Å²) in [6, 6.07) is -0.168. The Hall–Kier alpha value is -0.750. The first-order chi connectivity index (χ1) is 7.10. The van der Waals surface area contributed by atoms with Crippen molar-refractivity contribution in [2.75, 3.05) is 18.1 Å². The van der Waals surface area contributed by atoms with E-state index in [-0.39, 0.29) is 30.2 Å². The molecule has 0 aliphatic rings. The fourth-order valence-corrected chi connectivity index (χ4v) is 1.59. The quantitative estimate of drug-likeness (QED) is 0.493. The number of rotatable bonds is 8. The van der Waals surface area contributed by atoms with Crippen LogP contribution in [0, 0.1) is 0 Å². The zero-order chi connectivity index (χ0) is 11.7. The lowest BCUT2D eigenvalue weighted by atomic mass is 10.2. The van der Waals surface area contributed by atoms with Gasteiger partial charge in [-0.15, -0.1) is 0 Å². The van der Waals surface area contributed by atoms with Gasteiger partial charge in [-0.2, -0.15) is 11.8 Å². The molecule has 0 fully saturated rings. The van der Waals surface area contributed by atoms with E-state index >= 15 is 0 Å². The second kappa shape index (κ2) is 8.55. The number of nitrogens with one attached hydrogen (secondary N) is 1. The molecule has 0 bridgehead atoms. The van der Waals surface area contributed by atoms with Crippen LogP contribution in [0.4, 0.5) is 0 Å². The standard InChI is InChI=1S/C9H18N2O3S/c1-2-7(5-12)11-9(14)3-4-15-6-8(10)13/h7,12H,2-6H2,1H3,(H2,10,13)(H,11,14). The fraction of sp³-hybridized carbons (Fsp3) is 0.778. The molecule has 0 aromatic heterocycles. The summed E-state index contributed by atoms with van der Waals surface area (Å²) in [5.74, 6) is 0.330. The van der Waals surface area contributed by atoms with Crippen molar-refractivity contribution in [3.8, 4) is 0 Å². The van der Waals surface area contributed by atoms with E-state index in [0.717, 1.165) is 0 Å². The Morgan fingerprint density at radius 3 is 2.67 bits per heavy atom. The van der Waals surface area contributed by atoms with Gasteiger partial charge in [0, 0.05) is 12.2 Å². The van der Waals surface area contributed by atoms with E-state index in [9.17, 15) is 9.59 Å². The molecule has 1 atom stereocenters. The van der Waals surface area contributed by atoms with Crippen LogP contribution in [0.15, 0.2) is 0 Å². The van der Waals surface area contributed by atoms with E-state index in [1.54, 1.807) is 0 Å². The van der Waals surface area contributed by atoms with Gasteiger partial charge in [0.1, 0.15) is 0 Å². The molecule has 88 valence electrons. The van der Waals surface area contributed by atoms with Gasteiger partial charge >= 0.3 is 0 Å². The SMILES string of the molecule is CCC(CO)NC(=O)CCSCC(N)=O. The van der Waals surface area contributed by atoms with E-state index in [1.165, 1.54) is 11.8 Å². The van der Waals surface area contributed by atoms with Gasteiger partial charge in [0.05, 0.1) is 18.4 Å². The number of nitrogens with two attached hydrogens (primary N) is 1. The third kappa shape index (κ3) is 8.26. The maximum atomic E-state index is 11.3. The maximum Gasteiger partial charge on any atom is 0.227 e. The molecule has 0 saturated carbocycles. The Balaban J connectivity index is 3.52. The third-order valence-electron chi connectivity index (χ3n) is 1.80. The third-order valence-corrected chi connectivity index (χ3v) is 2.78. The first-order valence-corrected chi connectivity index (χ1v) is 6.01. The lowest BCUT2D eigenvalue weighted by Crippen LogP contribution is -2.37. The molecule has 0 rings (SSSR count). The molecule has 15 heavy (non-hydrogen) atoms. The molecule has 0 aliphatic carbocycles. The van der Waals surface area contributed by atoms with Gasteiger partial charge in [-0.1, -0.05) is 6.92 Å². The second-order valence-electron chi connectivity index (χ2n) is 3.12. The van der Waals surface area contributed by atoms with Gasteiger partial charge < -0.3 is 16.2 Å². The van der Waals surface area contributed by atoms with Crippen molar-refractivity contribution in [1.29, 1.82) is 0 Å². The first-order valence-electron chi connectivity index (χ1n) is 4.86. The predicted molar refractivity (Wildman–Crippen MR) is 60.4 cm³/mol. The van der Waals surface area contributed by atoms with Gasteiger partial charge in [-0.3, -0.25) is 9.59 Å². The van der Waals surface area contributed by atoms with Gasteiger partial charge in [-0.25, -0.2) is 0 Å². The van der Waals surface area contributed by atoms with Crippen LogP contribution in [0.1, 0.15) is 19.8 Å². The first kappa shape index (κ1) is 14.2. The molecule has 4 N–H and O–H groups in total. The molecule has 0 heterocycles. The highest BCUT2D eigenvalue weighted by atomic mass is 32.2. The summed E-state index contributed by atoms with van der Waals surface area (Å²) in [5, 5.41) is 11.5. The molecule has 0 spiro atoms. The predicted octanol–water partition coefficient (Wildman–Crippen LogP) is -0.518. The number of aliphatic hydroxyl groups excluding tert-OH is 1. The minimum atomic E-state index is -0.373. The molecule has 0 aliphatic heterocycles. The summed E-state index contributed by atoms with van der Waals surface area (Å²) in [6.45, 7) is 1.85. The van der Waals surface area contributed by atoms with E-state index in [4.69, 9.17) is 10.8 Å². The number of thioether (sulfide) groups is 1. The molecule has 0 aromatic rings. The lowest BCUT2D eigenvalue weighted by molar-refractivity contribution is -0.121. The maximum absolute atomic E-state index is 11.3. The Kier molecular flexibility index (Phi) is 8.12. The Morgan fingerprint density at radius 2 is 2.20 bits per heavy atom. The van der Waals surface area contributed by atoms with Crippen molar-refractivity contribution in [3.63, 3.8) is 0 Å². The largest absolute Gasteiger partial charge is 0.394 e. The summed E-state index contributed by atoms with van der Waals surface area (Å²) in [5.41, 5.74) is 4.94. The summed E-state index contributed by atoms with van der Waals surface area (Å²) in [6.07, 6.45) is 1.05. The Bertz CT molecular complexity index is 208. The highest BCUT2D eigenvalue weighted by Gasteiger charge is 2.08. The molecule has 0 aromatic carbocycles. The normalized spacial score (nSPS) is 12.1. The molecular weight excluding hydrogens is 216 g/mol. The topological polar surface area (TPSA) is 92.4 Å². The fourth-order valence-electron chi connectivity index (χ4n) is 0.914. The highest BCUT2D eigenvalue weighted by molar-refractivity contribution is 7.99.